The maximum Gasteiger partial charge on any atom is 0.252 e. The number of amides is 2. The maximum atomic E-state index is 14.2. The number of nitrogens with zero attached hydrogens (tertiary/aromatic N) is 3. The Morgan fingerprint density at radius 3 is 2.54 bits per heavy atom. The number of likely N-dealkylation sites (tertiary alicyclic amines) is 1. The van der Waals surface area contributed by atoms with Gasteiger partial charge < -0.3 is 5.11 Å². The van der Waals surface area contributed by atoms with Gasteiger partial charge in [0.15, 0.2) is 0 Å². The van der Waals surface area contributed by atoms with Crippen molar-refractivity contribution in [2.75, 3.05) is 26.2 Å². The lowest BCUT2D eigenvalue weighted by atomic mass is 9.80. The molecule has 0 radical (unpaired) electrons. The number of carbonyl (C=O) groups is 2. The summed E-state index contributed by atoms with van der Waals surface area (Å²) in [6.45, 7) is 8.64. The summed E-state index contributed by atoms with van der Waals surface area (Å²) in [7, 11) is 0. The molecule has 3 saturated heterocycles. The summed E-state index contributed by atoms with van der Waals surface area (Å²) in [5.41, 5.74) is -0.365. The molecule has 0 bridgehead atoms. The van der Waals surface area contributed by atoms with E-state index in [1.165, 1.54) is 11.0 Å². The summed E-state index contributed by atoms with van der Waals surface area (Å²) in [4.78, 5) is 31.8. The number of hydrogen-bond donors (Lipinski definition) is 1. The van der Waals surface area contributed by atoms with Crippen molar-refractivity contribution in [2.24, 2.45) is 5.41 Å². The first-order valence-electron chi connectivity index (χ1n) is 9.87. The van der Waals surface area contributed by atoms with Crippen molar-refractivity contribution in [3.8, 4) is 0 Å². The molecule has 28 heavy (non-hydrogen) atoms. The zero-order chi connectivity index (χ0) is 20.3. The molecule has 0 saturated carbocycles. The molecule has 3 fully saturated rings. The Labute approximate surface area is 164 Å². The molecule has 0 aliphatic carbocycles. The number of piperazine rings is 1. The predicted molar refractivity (Wildman–Crippen MR) is 102 cm³/mol. The fourth-order valence-corrected chi connectivity index (χ4v) is 4.91. The third-order valence-electron chi connectivity index (χ3n) is 5.98. The Hall–Kier alpha value is -1.83. The molecule has 3 heterocycles. The van der Waals surface area contributed by atoms with Gasteiger partial charge in [0.1, 0.15) is 11.4 Å². The number of imide groups is 1. The average Bonchev–Trinajstić information content (AvgIpc) is 2.96. The van der Waals surface area contributed by atoms with Crippen molar-refractivity contribution in [3.05, 3.63) is 35.6 Å². The van der Waals surface area contributed by atoms with Crippen LogP contribution in [0.4, 0.5) is 4.39 Å². The van der Waals surface area contributed by atoms with Crippen molar-refractivity contribution < 1.29 is 19.1 Å². The van der Waals surface area contributed by atoms with Crippen LogP contribution >= 0.6 is 0 Å². The largest absolute Gasteiger partial charge is 0.392 e. The van der Waals surface area contributed by atoms with Gasteiger partial charge in [0.2, 0.25) is 5.91 Å². The molecule has 1 aromatic carbocycles. The van der Waals surface area contributed by atoms with E-state index in [1.807, 2.05) is 4.90 Å². The van der Waals surface area contributed by atoms with E-state index in [1.54, 1.807) is 18.2 Å². The fraction of sp³-hybridized carbons (Fsp3) is 0.619. The number of aliphatic hydroxyl groups is 1. The van der Waals surface area contributed by atoms with Gasteiger partial charge in [-0.1, -0.05) is 39.0 Å². The zero-order valence-corrected chi connectivity index (χ0v) is 16.7. The third kappa shape index (κ3) is 3.15. The Morgan fingerprint density at radius 2 is 1.89 bits per heavy atom. The van der Waals surface area contributed by atoms with Gasteiger partial charge >= 0.3 is 0 Å². The number of fused-ring (bicyclic) bond motifs is 2. The number of carbonyl (C=O) groups excluding carboxylic acids is 2. The molecule has 6 nitrogen and oxygen atoms in total. The number of halogens is 1. The van der Waals surface area contributed by atoms with E-state index in [-0.39, 0.29) is 23.8 Å². The monoisotopic (exact) mass is 389 g/mol. The molecule has 7 heteroatoms. The molecule has 1 aromatic rings. The Kier molecular flexibility index (Phi) is 4.60. The second kappa shape index (κ2) is 6.61. The SMILES string of the molecule is CC(C)(C)CN1CC2(C1)C(=O)N(Cc1ccccc1F)C(=O)[C@@H]1C[C@@H](O)CN12. The predicted octanol–water partition coefficient (Wildman–Crippen LogP) is 1.23. The standard InChI is InChI=1S/C21H28FN3O3/c1-20(2,3)11-23-12-21(13-23)19(28)24(9-14-6-4-5-7-16(14)22)18(27)17-8-15(26)10-25(17)21/h4-7,15,17,26H,8-13H2,1-3H3/t15-,17+/m1/s1. The topological polar surface area (TPSA) is 64.1 Å². The van der Waals surface area contributed by atoms with Gasteiger partial charge in [-0.3, -0.25) is 24.3 Å². The van der Waals surface area contributed by atoms with Gasteiger partial charge in [0.05, 0.1) is 18.7 Å². The number of rotatable bonds is 3. The van der Waals surface area contributed by atoms with Crippen molar-refractivity contribution >= 4 is 11.8 Å². The molecular weight excluding hydrogens is 361 g/mol. The van der Waals surface area contributed by atoms with Crippen molar-refractivity contribution in [3.63, 3.8) is 0 Å². The van der Waals surface area contributed by atoms with Crippen LogP contribution in [0.3, 0.4) is 0 Å². The smallest absolute Gasteiger partial charge is 0.252 e. The van der Waals surface area contributed by atoms with E-state index in [2.05, 4.69) is 25.7 Å². The average molecular weight is 389 g/mol. The number of hydrogen-bond acceptors (Lipinski definition) is 5. The van der Waals surface area contributed by atoms with E-state index in [0.717, 1.165) is 6.54 Å². The summed E-state index contributed by atoms with van der Waals surface area (Å²) in [5, 5.41) is 10.2. The molecule has 1 N–H and O–H groups in total. The Balaban J connectivity index is 1.62. The zero-order valence-electron chi connectivity index (χ0n) is 16.7. The first-order chi connectivity index (χ1) is 13.1. The van der Waals surface area contributed by atoms with Crippen LogP contribution in [0.15, 0.2) is 24.3 Å². The summed E-state index contributed by atoms with van der Waals surface area (Å²) < 4.78 is 14.2. The summed E-state index contributed by atoms with van der Waals surface area (Å²) >= 11 is 0. The van der Waals surface area contributed by atoms with Crippen LogP contribution in [0, 0.1) is 11.2 Å². The lowest BCUT2D eigenvalue weighted by Gasteiger charge is -2.59. The van der Waals surface area contributed by atoms with E-state index in [9.17, 15) is 19.1 Å². The van der Waals surface area contributed by atoms with Crippen molar-refractivity contribution in [1.29, 1.82) is 0 Å². The molecule has 152 valence electrons. The quantitative estimate of drug-likeness (QED) is 0.788. The lowest BCUT2D eigenvalue weighted by molar-refractivity contribution is -0.182. The number of β-amino-alcohol motifs (C(OH)–C–C–N with tert-alkyl or cyclic N) is 1. The number of benzene rings is 1. The second-order valence-electron chi connectivity index (χ2n) is 9.62. The minimum absolute atomic E-state index is 0.0637. The van der Waals surface area contributed by atoms with Gasteiger partial charge in [-0.05, 0) is 17.9 Å². The summed E-state index contributed by atoms with van der Waals surface area (Å²) in [6, 6.07) is 5.71. The molecular formula is C21H28FN3O3. The van der Waals surface area contributed by atoms with E-state index >= 15 is 0 Å². The first-order valence-corrected chi connectivity index (χ1v) is 9.87. The molecule has 3 aliphatic rings. The highest BCUT2D eigenvalue weighted by atomic mass is 19.1. The minimum atomic E-state index is -0.799. The highest BCUT2D eigenvalue weighted by Gasteiger charge is 2.64. The van der Waals surface area contributed by atoms with Crippen LogP contribution in [-0.4, -0.2) is 75.5 Å². The van der Waals surface area contributed by atoms with E-state index in [0.29, 0.717) is 31.6 Å². The van der Waals surface area contributed by atoms with Gasteiger partial charge in [0.25, 0.3) is 5.91 Å². The summed E-state index contributed by atoms with van der Waals surface area (Å²) in [6.07, 6.45) is -0.301. The molecule has 1 spiro atoms. The van der Waals surface area contributed by atoms with Crippen LogP contribution in [0.1, 0.15) is 32.8 Å². The second-order valence-corrected chi connectivity index (χ2v) is 9.62. The molecule has 0 unspecified atom stereocenters. The van der Waals surface area contributed by atoms with Crippen LogP contribution in [0.25, 0.3) is 0 Å². The highest BCUT2D eigenvalue weighted by molar-refractivity contribution is 6.06. The maximum absolute atomic E-state index is 14.2. The minimum Gasteiger partial charge on any atom is -0.392 e. The summed E-state index contributed by atoms with van der Waals surface area (Å²) in [5.74, 6) is -1.02. The number of aliphatic hydroxyl groups excluding tert-OH is 1. The van der Waals surface area contributed by atoms with Crippen LogP contribution < -0.4 is 0 Å². The van der Waals surface area contributed by atoms with Crippen molar-refractivity contribution in [2.45, 2.75) is 51.4 Å². The Morgan fingerprint density at radius 1 is 1.21 bits per heavy atom. The van der Waals surface area contributed by atoms with Gasteiger partial charge in [-0.25, -0.2) is 4.39 Å². The van der Waals surface area contributed by atoms with Crippen LogP contribution in [-0.2, 0) is 16.1 Å². The van der Waals surface area contributed by atoms with Gasteiger partial charge in [-0.15, -0.1) is 0 Å². The lowest BCUT2D eigenvalue weighted by Crippen LogP contribution is -2.81. The molecule has 0 aromatic heterocycles. The highest BCUT2D eigenvalue weighted by Crippen LogP contribution is 2.41. The first kappa shape index (κ1) is 19.5. The molecule has 4 rings (SSSR count). The van der Waals surface area contributed by atoms with Gasteiger partial charge in [0, 0.05) is 31.7 Å². The molecule has 3 aliphatic heterocycles. The molecule has 2 atom stereocenters. The third-order valence-corrected chi connectivity index (χ3v) is 5.98. The molecule has 2 amide bonds. The van der Waals surface area contributed by atoms with E-state index in [4.69, 9.17) is 0 Å². The Bertz CT molecular complexity index is 800. The fourth-order valence-electron chi connectivity index (χ4n) is 4.91. The normalized spacial score (nSPS) is 28.0. The van der Waals surface area contributed by atoms with Crippen LogP contribution in [0.5, 0.6) is 0 Å². The van der Waals surface area contributed by atoms with Gasteiger partial charge in [-0.2, -0.15) is 0 Å². The van der Waals surface area contributed by atoms with Crippen molar-refractivity contribution in [1.82, 2.24) is 14.7 Å². The van der Waals surface area contributed by atoms with Crippen LogP contribution in [0.2, 0.25) is 0 Å². The van der Waals surface area contributed by atoms with E-state index < -0.39 is 23.5 Å².